The SMILES string of the molecule is c1ccc(-c2cccc(-c3sc(-c4cc(-c5cccc6c5oc5ccccc56)ccc4-c4ccccc4)c4ccccc34)c2)cc1.c1ccc(-c2cccc(-c3sc(-c4ccc(-c5cccc6c5oc5ccccc56)cc4-c4ccccc4)c4ccccc34)c2)cc1.c1ccc(-c2cccc(-c3sc(-c4cccc(-c5cccc6c5oc5ccccc56)c4-c4ccccc4)c4ccccc34)c2)cc1. The van der Waals surface area contributed by atoms with Crippen molar-refractivity contribution in [2.45, 2.75) is 0 Å². The maximum Gasteiger partial charge on any atom is 0.143 e. The minimum atomic E-state index is 0.911. The first-order valence-corrected chi connectivity index (χ1v) is 49.2. The van der Waals surface area contributed by atoms with Crippen LogP contribution >= 0.6 is 34.0 Å². The summed E-state index contributed by atoms with van der Waals surface area (Å²) in [5.74, 6) is 0. The molecule has 6 aromatic heterocycles. The third-order valence-electron chi connectivity index (χ3n) is 26.8. The van der Waals surface area contributed by atoms with Crippen molar-refractivity contribution >= 4 is 132 Å². The second kappa shape index (κ2) is 36.0. The van der Waals surface area contributed by atoms with Crippen molar-refractivity contribution < 1.29 is 13.3 Å². The summed E-state index contributed by atoms with van der Waals surface area (Å²) in [6.07, 6.45) is 0. The molecular weight excluding hydrogens is 1730 g/mol. The van der Waals surface area contributed by atoms with Crippen molar-refractivity contribution in [1.82, 2.24) is 0 Å². The number of para-hydroxylation sites is 6. The Morgan fingerprint density at radius 1 is 0.116 bits per heavy atom. The standard InChI is InChI=1S/3C44H28OS/c1-3-14-29(15-4-1)31-18-11-19-32(28-31)43-37-21-7-8-22-38(37)44(46-43)39-26-12-23-34(41(39)30-16-5-2-6-17-30)36-25-13-24-35-33-20-9-10-27-40(33)45-42(35)36;1-3-13-29(14-4-1)31-17-11-18-33(27-31)43-38-20-7-8-21-39(38)44(46-43)40-28-32(25-26-34(40)30-15-5-2-6-16-30)35-22-12-23-37-36-19-9-10-24-41(36)45-42(35)37;1-3-13-29(14-4-1)31-17-11-18-33(27-31)43-37-20-7-8-21-38(37)44(46-43)39-26-25-32(28-40(39)30-15-5-2-6-16-30)34-22-12-23-36-35-19-9-10-24-41(35)45-42(34)36/h3*1-28H. The molecule has 3 nitrogen and oxygen atoms in total. The van der Waals surface area contributed by atoms with Gasteiger partial charge in [0.25, 0.3) is 0 Å². The van der Waals surface area contributed by atoms with Crippen LogP contribution in [0.15, 0.2) is 523 Å². The molecule has 0 unspecified atom stereocenters. The van der Waals surface area contributed by atoms with E-state index in [0.717, 1.165) is 93.6 Å². The zero-order valence-corrected chi connectivity index (χ0v) is 77.4. The zero-order chi connectivity index (χ0) is 91.4. The lowest BCUT2D eigenvalue weighted by Gasteiger charge is -2.16. The van der Waals surface area contributed by atoms with E-state index in [1.807, 2.05) is 58.3 Å². The molecule has 27 aromatic rings. The van der Waals surface area contributed by atoms with Crippen LogP contribution in [0.1, 0.15) is 0 Å². The van der Waals surface area contributed by atoms with E-state index >= 15 is 0 Å². The van der Waals surface area contributed by atoms with Gasteiger partial charge in [-0.2, -0.15) is 0 Å². The van der Waals surface area contributed by atoms with Crippen LogP contribution in [0.5, 0.6) is 0 Å². The van der Waals surface area contributed by atoms with Gasteiger partial charge in [0.05, 0.1) is 0 Å². The molecule has 0 saturated carbocycles. The lowest BCUT2D eigenvalue weighted by molar-refractivity contribution is 0.669. The summed E-state index contributed by atoms with van der Waals surface area (Å²) in [6.45, 7) is 0. The van der Waals surface area contributed by atoms with Crippen LogP contribution in [0.3, 0.4) is 0 Å². The van der Waals surface area contributed by atoms with E-state index in [-0.39, 0.29) is 0 Å². The molecule has 0 N–H and O–H groups in total. The van der Waals surface area contributed by atoms with Crippen molar-refractivity contribution in [2.24, 2.45) is 0 Å². The second-order valence-electron chi connectivity index (χ2n) is 34.9. The number of fused-ring (bicyclic) bond motifs is 12. The highest BCUT2D eigenvalue weighted by atomic mass is 32.1. The van der Waals surface area contributed by atoms with Gasteiger partial charge in [-0.3, -0.25) is 0 Å². The first-order valence-electron chi connectivity index (χ1n) is 46.8. The van der Waals surface area contributed by atoms with Gasteiger partial charge in [0, 0.05) is 127 Å². The average molecular weight is 1810 g/mol. The molecule has 0 saturated heterocycles. The Bertz CT molecular complexity index is 9100. The minimum Gasteiger partial charge on any atom is -0.455 e. The van der Waals surface area contributed by atoms with Crippen LogP contribution in [0, 0.1) is 0 Å². The Hall–Kier alpha value is -17.1. The minimum absolute atomic E-state index is 0.911. The van der Waals surface area contributed by atoms with Crippen LogP contribution in [0.4, 0.5) is 0 Å². The van der Waals surface area contributed by atoms with Crippen LogP contribution in [0.25, 0.3) is 261 Å². The summed E-state index contributed by atoms with van der Waals surface area (Å²) >= 11 is 5.64. The van der Waals surface area contributed by atoms with E-state index in [9.17, 15) is 0 Å². The molecule has 0 radical (unpaired) electrons. The fraction of sp³-hybridized carbons (Fsp3) is 0. The van der Waals surface area contributed by atoms with Crippen LogP contribution in [-0.2, 0) is 0 Å². The van der Waals surface area contributed by atoms with Gasteiger partial charge in [0.1, 0.15) is 33.5 Å². The Morgan fingerprint density at radius 2 is 0.370 bits per heavy atom. The van der Waals surface area contributed by atoms with Gasteiger partial charge < -0.3 is 13.3 Å². The van der Waals surface area contributed by atoms with Crippen LogP contribution < -0.4 is 0 Å². The molecule has 0 bridgehead atoms. The largest absolute Gasteiger partial charge is 0.455 e. The molecule has 138 heavy (non-hydrogen) atoms. The predicted octanol–water partition coefficient (Wildman–Crippen LogP) is 39.4. The van der Waals surface area contributed by atoms with Gasteiger partial charge in [0.15, 0.2) is 0 Å². The molecular formula is C132H84O3S3. The van der Waals surface area contributed by atoms with Crippen molar-refractivity contribution in [1.29, 1.82) is 0 Å². The second-order valence-corrected chi connectivity index (χ2v) is 38.0. The van der Waals surface area contributed by atoms with E-state index < -0.39 is 0 Å². The molecule has 0 aliphatic rings. The lowest BCUT2D eigenvalue weighted by Crippen LogP contribution is -1.90. The van der Waals surface area contributed by atoms with E-state index in [0.29, 0.717) is 0 Å². The summed E-state index contributed by atoms with van der Waals surface area (Å²) in [6, 6.07) is 182. The molecule has 27 rings (SSSR count). The number of hydrogen-bond donors (Lipinski definition) is 0. The lowest BCUT2D eigenvalue weighted by atomic mass is 9.88. The highest BCUT2D eigenvalue weighted by molar-refractivity contribution is 7.22. The quantitative estimate of drug-likeness (QED) is 0.103. The van der Waals surface area contributed by atoms with Crippen molar-refractivity contribution in [2.75, 3.05) is 0 Å². The molecule has 0 spiro atoms. The van der Waals surface area contributed by atoms with E-state index in [2.05, 4.69) is 485 Å². The molecule has 648 valence electrons. The van der Waals surface area contributed by atoms with Crippen molar-refractivity contribution in [3.05, 3.63) is 510 Å². The number of rotatable bonds is 15. The van der Waals surface area contributed by atoms with Crippen molar-refractivity contribution in [3.8, 4) is 163 Å². The summed E-state index contributed by atoms with van der Waals surface area (Å²) < 4.78 is 19.5. The highest BCUT2D eigenvalue weighted by Crippen LogP contribution is 2.55. The fourth-order valence-corrected chi connectivity index (χ4v) is 24.2. The Labute approximate surface area is 811 Å². The van der Waals surface area contributed by atoms with Gasteiger partial charge in [-0.15, -0.1) is 34.0 Å². The maximum absolute atomic E-state index is 6.56. The smallest absolute Gasteiger partial charge is 0.143 e. The average Bonchev–Trinajstić information content (AvgIpc) is 1.59. The Kier molecular flexibility index (Phi) is 21.6. The van der Waals surface area contributed by atoms with E-state index in [1.165, 1.54) is 167 Å². The normalized spacial score (nSPS) is 11.5. The van der Waals surface area contributed by atoms with Gasteiger partial charge >= 0.3 is 0 Å². The zero-order valence-electron chi connectivity index (χ0n) is 74.9. The monoisotopic (exact) mass is 1810 g/mol. The number of hydrogen-bond acceptors (Lipinski definition) is 6. The van der Waals surface area contributed by atoms with E-state index in [4.69, 9.17) is 13.3 Å². The van der Waals surface area contributed by atoms with Crippen LogP contribution in [0.2, 0.25) is 0 Å². The molecule has 0 atom stereocenters. The Balaban J connectivity index is 0.000000110. The number of benzene rings is 21. The first kappa shape index (κ1) is 82.8. The third-order valence-corrected chi connectivity index (χ3v) is 30.7. The third kappa shape index (κ3) is 15.3. The van der Waals surface area contributed by atoms with Gasteiger partial charge in [-0.1, -0.05) is 461 Å². The number of thiophene rings is 3. The summed E-state index contributed by atoms with van der Waals surface area (Å²) in [5.41, 5.74) is 34.3. The van der Waals surface area contributed by atoms with Gasteiger partial charge in [-0.25, -0.2) is 0 Å². The van der Waals surface area contributed by atoms with Gasteiger partial charge in [0.2, 0.25) is 0 Å². The number of furan rings is 3. The summed E-state index contributed by atoms with van der Waals surface area (Å²) in [5, 5.41) is 14.5. The summed E-state index contributed by atoms with van der Waals surface area (Å²) in [4.78, 5) is 7.68. The molecule has 0 amide bonds. The van der Waals surface area contributed by atoms with Gasteiger partial charge in [-0.05, 0) is 149 Å². The molecule has 0 aliphatic carbocycles. The molecule has 6 heterocycles. The van der Waals surface area contributed by atoms with Crippen LogP contribution in [-0.4, -0.2) is 0 Å². The first-order chi connectivity index (χ1) is 68.5. The Morgan fingerprint density at radius 3 is 0.768 bits per heavy atom. The molecule has 21 aromatic carbocycles. The maximum atomic E-state index is 6.56. The molecule has 0 aliphatic heterocycles. The molecule has 6 heteroatoms. The van der Waals surface area contributed by atoms with E-state index in [1.54, 1.807) is 0 Å². The topological polar surface area (TPSA) is 39.4 Å². The fourth-order valence-electron chi connectivity index (χ4n) is 20.3. The van der Waals surface area contributed by atoms with Crippen molar-refractivity contribution in [3.63, 3.8) is 0 Å². The molecule has 0 fully saturated rings. The predicted molar refractivity (Wildman–Crippen MR) is 589 cm³/mol. The highest BCUT2D eigenvalue weighted by Gasteiger charge is 2.27. The summed E-state index contributed by atoms with van der Waals surface area (Å²) in [7, 11) is 0.